The average molecular weight is 476 g/mol. The lowest BCUT2D eigenvalue weighted by Crippen LogP contribution is -2.39. The molecule has 4 rings (SSSR count). The van der Waals surface area contributed by atoms with E-state index in [1.165, 1.54) is 46.1 Å². The highest BCUT2D eigenvalue weighted by molar-refractivity contribution is 7.90. The number of hydrogen-bond donors (Lipinski definition) is 1. The van der Waals surface area contributed by atoms with Gasteiger partial charge < -0.3 is 10.0 Å². The summed E-state index contributed by atoms with van der Waals surface area (Å²) in [6, 6.07) is 6.71. The Morgan fingerprint density at radius 1 is 1.15 bits per heavy atom. The first-order valence-electron chi connectivity index (χ1n) is 10.2. The zero-order valence-electron chi connectivity index (χ0n) is 18.0. The van der Waals surface area contributed by atoms with Crippen molar-refractivity contribution in [2.75, 3.05) is 19.3 Å². The molecular formula is C21H22FN5O5S. The highest BCUT2D eigenvalue weighted by Gasteiger charge is 2.31. The third kappa shape index (κ3) is 4.25. The summed E-state index contributed by atoms with van der Waals surface area (Å²) in [5.41, 5.74) is 0.930. The largest absolute Gasteiger partial charge is 0.465 e. The van der Waals surface area contributed by atoms with E-state index in [0.29, 0.717) is 24.1 Å². The normalized spacial score (nSPS) is 15.1. The quantitative estimate of drug-likeness (QED) is 0.573. The molecule has 33 heavy (non-hydrogen) atoms. The van der Waals surface area contributed by atoms with Gasteiger partial charge in [0, 0.05) is 32.6 Å². The summed E-state index contributed by atoms with van der Waals surface area (Å²) in [7, 11) is -2.13. The second kappa shape index (κ2) is 8.43. The minimum Gasteiger partial charge on any atom is -0.465 e. The van der Waals surface area contributed by atoms with Crippen molar-refractivity contribution in [2.24, 2.45) is 7.05 Å². The van der Waals surface area contributed by atoms with Crippen LogP contribution in [0.5, 0.6) is 0 Å². The number of amides is 1. The van der Waals surface area contributed by atoms with Gasteiger partial charge in [0.25, 0.3) is 5.56 Å². The Kier molecular flexibility index (Phi) is 5.78. The van der Waals surface area contributed by atoms with Gasteiger partial charge in [-0.05, 0) is 36.6 Å². The fraction of sp³-hybridized carbons (Fsp3) is 0.333. The number of carboxylic acid groups (broad SMARTS) is 1. The first-order chi connectivity index (χ1) is 15.6. The number of sulfone groups is 1. The maximum atomic E-state index is 13.6. The molecule has 2 aromatic heterocycles. The van der Waals surface area contributed by atoms with E-state index in [1.807, 2.05) is 0 Å². The van der Waals surface area contributed by atoms with E-state index in [4.69, 9.17) is 0 Å². The van der Waals surface area contributed by atoms with Crippen molar-refractivity contribution in [1.82, 2.24) is 24.2 Å². The van der Waals surface area contributed by atoms with E-state index in [2.05, 4.69) is 9.97 Å². The zero-order valence-corrected chi connectivity index (χ0v) is 18.8. The lowest BCUT2D eigenvalue weighted by molar-refractivity contribution is 0.122. The van der Waals surface area contributed by atoms with Crippen LogP contribution < -0.4 is 5.56 Å². The van der Waals surface area contributed by atoms with Crippen molar-refractivity contribution in [3.63, 3.8) is 0 Å². The summed E-state index contributed by atoms with van der Waals surface area (Å²) >= 11 is 0. The predicted molar refractivity (Wildman–Crippen MR) is 117 cm³/mol. The molecule has 12 heteroatoms. The number of halogens is 1. The number of benzene rings is 1. The molecule has 1 aliphatic rings. The van der Waals surface area contributed by atoms with Crippen molar-refractivity contribution < 1.29 is 22.7 Å². The number of likely N-dealkylation sites (tertiary alicyclic amines) is 1. The summed E-state index contributed by atoms with van der Waals surface area (Å²) < 4.78 is 40.8. The molecule has 3 heterocycles. The van der Waals surface area contributed by atoms with Crippen LogP contribution in [-0.4, -0.2) is 63.2 Å². The number of piperidine rings is 1. The van der Waals surface area contributed by atoms with Gasteiger partial charge in [0.2, 0.25) is 15.0 Å². The van der Waals surface area contributed by atoms with Gasteiger partial charge in [-0.3, -0.25) is 14.2 Å². The van der Waals surface area contributed by atoms with Crippen LogP contribution in [0.15, 0.2) is 46.5 Å². The molecule has 0 saturated carbocycles. The van der Waals surface area contributed by atoms with E-state index in [-0.39, 0.29) is 41.1 Å². The highest BCUT2D eigenvalue weighted by atomic mass is 32.2. The summed E-state index contributed by atoms with van der Waals surface area (Å²) in [6.07, 6.45) is 2.20. The minimum absolute atomic E-state index is 0.225. The first kappa shape index (κ1) is 22.6. The highest BCUT2D eigenvalue weighted by Crippen LogP contribution is 2.34. The Hall–Kier alpha value is -3.54. The molecule has 0 aliphatic carbocycles. The summed E-state index contributed by atoms with van der Waals surface area (Å²) in [6.45, 7) is 0.576. The van der Waals surface area contributed by atoms with Crippen LogP contribution in [-0.2, 0) is 16.9 Å². The summed E-state index contributed by atoms with van der Waals surface area (Å²) in [5.74, 6) is -0.459. The van der Waals surface area contributed by atoms with Crippen molar-refractivity contribution >= 4 is 15.9 Å². The zero-order chi connectivity index (χ0) is 23.9. The molecule has 0 atom stereocenters. The maximum absolute atomic E-state index is 13.6. The predicted octanol–water partition coefficient (Wildman–Crippen LogP) is 2.17. The molecule has 1 aromatic carbocycles. The van der Waals surface area contributed by atoms with Crippen LogP contribution in [0.3, 0.4) is 0 Å². The Morgan fingerprint density at radius 2 is 1.79 bits per heavy atom. The fourth-order valence-electron chi connectivity index (χ4n) is 4.13. The molecule has 1 N–H and O–H groups in total. The molecule has 1 fully saturated rings. The van der Waals surface area contributed by atoms with Gasteiger partial charge in [0.15, 0.2) is 0 Å². The standard InChI is InChI=1S/C21H22FN5O5S/c1-25-19(28)17(13-3-5-14(22)6-4-13)18(16-7-10-23-20(24-16)33(2,31)32)27(25)15-8-11-26(12-9-15)21(29)30/h3-7,10,15H,8-9,11-12H2,1-2H3,(H,29,30). The van der Waals surface area contributed by atoms with Gasteiger partial charge in [0.1, 0.15) is 5.82 Å². The van der Waals surface area contributed by atoms with E-state index < -0.39 is 21.7 Å². The van der Waals surface area contributed by atoms with Crippen LogP contribution in [0.1, 0.15) is 18.9 Å². The van der Waals surface area contributed by atoms with Gasteiger partial charge in [-0.15, -0.1) is 0 Å². The molecule has 1 saturated heterocycles. The van der Waals surface area contributed by atoms with E-state index >= 15 is 0 Å². The average Bonchev–Trinajstić information content (AvgIpc) is 3.04. The van der Waals surface area contributed by atoms with Crippen LogP contribution in [0, 0.1) is 5.82 Å². The molecule has 0 spiro atoms. The molecule has 0 radical (unpaired) electrons. The van der Waals surface area contributed by atoms with Crippen molar-refractivity contribution in [3.05, 3.63) is 52.7 Å². The molecule has 1 amide bonds. The second-order valence-corrected chi connectivity index (χ2v) is 9.81. The van der Waals surface area contributed by atoms with Gasteiger partial charge >= 0.3 is 6.09 Å². The number of carbonyl (C=O) groups is 1. The molecule has 10 nitrogen and oxygen atoms in total. The van der Waals surface area contributed by atoms with Crippen molar-refractivity contribution in [3.8, 4) is 22.5 Å². The van der Waals surface area contributed by atoms with Crippen LogP contribution in [0.4, 0.5) is 9.18 Å². The monoisotopic (exact) mass is 475 g/mol. The lowest BCUT2D eigenvalue weighted by Gasteiger charge is -2.32. The van der Waals surface area contributed by atoms with E-state index in [0.717, 1.165) is 6.26 Å². The Morgan fingerprint density at radius 3 is 2.36 bits per heavy atom. The topological polar surface area (TPSA) is 127 Å². The van der Waals surface area contributed by atoms with Crippen LogP contribution in [0.2, 0.25) is 0 Å². The molecule has 1 aliphatic heterocycles. The lowest BCUT2D eigenvalue weighted by atomic mass is 10.0. The van der Waals surface area contributed by atoms with Gasteiger partial charge in [0.05, 0.1) is 23.0 Å². The number of rotatable bonds is 4. The van der Waals surface area contributed by atoms with Crippen LogP contribution in [0.25, 0.3) is 22.5 Å². The number of nitrogens with zero attached hydrogens (tertiary/aromatic N) is 5. The molecule has 3 aromatic rings. The third-order valence-corrected chi connectivity index (χ3v) is 6.58. The summed E-state index contributed by atoms with van der Waals surface area (Å²) in [5, 5.41) is 8.89. The van der Waals surface area contributed by atoms with Gasteiger partial charge in [-0.2, -0.15) is 0 Å². The Labute approximate surface area is 188 Å². The first-order valence-corrected chi connectivity index (χ1v) is 12.1. The fourth-order valence-corrected chi connectivity index (χ4v) is 4.64. The SMILES string of the molecule is Cn1c(=O)c(-c2ccc(F)cc2)c(-c2ccnc(S(C)(=O)=O)n2)n1C1CCN(C(=O)O)CC1. The number of aromatic nitrogens is 4. The Bertz CT molecular complexity index is 1370. The maximum Gasteiger partial charge on any atom is 0.407 e. The summed E-state index contributed by atoms with van der Waals surface area (Å²) in [4.78, 5) is 34.0. The van der Waals surface area contributed by atoms with E-state index in [9.17, 15) is 27.5 Å². The third-order valence-electron chi connectivity index (χ3n) is 5.72. The number of hydrogen-bond acceptors (Lipinski definition) is 6. The second-order valence-electron chi connectivity index (χ2n) is 7.90. The molecule has 0 bridgehead atoms. The van der Waals surface area contributed by atoms with E-state index in [1.54, 1.807) is 11.7 Å². The van der Waals surface area contributed by atoms with Crippen LogP contribution >= 0.6 is 0 Å². The molecule has 174 valence electrons. The van der Waals surface area contributed by atoms with Gasteiger partial charge in [-0.1, -0.05) is 12.1 Å². The Balaban J connectivity index is 1.94. The molecular weight excluding hydrogens is 453 g/mol. The van der Waals surface area contributed by atoms with Gasteiger partial charge in [-0.25, -0.2) is 27.6 Å². The van der Waals surface area contributed by atoms with Crippen molar-refractivity contribution in [2.45, 2.75) is 24.0 Å². The smallest absolute Gasteiger partial charge is 0.407 e. The minimum atomic E-state index is -3.71. The molecule has 0 unspecified atom stereocenters. The van der Waals surface area contributed by atoms with Crippen molar-refractivity contribution in [1.29, 1.82) is 0 Å².